The smallest absolute Gasteiger partial charge is 0.126 e. The first kappa shape index (κ1) is 14.2. The highest BCUT2D eigenvalue weighted by Gasteiger charge is 2.15. The molecular formula is C17H15F2NS. The van der Waals surface area contributed by atoms with Crippen molar-refractivity contribution in [3.63, 3.8) is 0 Å². The molecule has 3 rings (SSSR count). The third-order valence-corrected chi connectivity index (χ3v) is 4.80. The average Bonchev–Trinajstić information content (AvgIpc) is 2.89. The van der Waals surface area contributed by atoms with E-state index < -0.39 is 0 Å². The molecule has 0 saturated heterocycles. The molecule has 0 spiro atoms. The van der Waals surface area contributed by atoms with Gasteiger partial charge in [-0.3, -0.25) is 0 Å². The van der Waals surface area contributed by atoms with Gasteiger partial charge in [-0.15, -0.1) is 11.3 Å². The van der Waals surface area contributed by atoms with Gasteiger partial charge < -0.3 is 5.32 Å². The van der Waals surface area contributed by atoms with Crippen molar-refractivity contribution in [2.24, 2.45) is 0 Å². The molecule has 4 heteroatoms. The van der Waals surface area contributed by atoms with E-state index in [0.29, 0.717) is 12.0 Å². The number of halogens is 2. The highest BCUT2D eigenvalue weighted by molar-refractivity contribution is 7.19. The van der Waals surface area contributed by atoms with Crippen LogP contribution in [0.1, 0.15) is 16.5 Å². The fourth-order valence-electron chi connectivity index (χ4n) is 2.44. The maximum atomic E-state index is 13.8. The Kier molecular flexibility index (Phi) is 3.99. The van der Waals surface area contributed by atoms with Crippen LogP contribution in [0, 0.1) is 11.6 Å². The lowest BCUT2D eigenvalue weighted by molar-refractivity contribution is 0.560. The highest BCUT2D eigenvalue weighted by atomic mass is 32.1. The Morgan fingerprint density at radius 3 is 2.67 bits per heavy atom. The highest BCUT2D eigenvalue weighted by Crippen LogP contribution is 2.32. The quantitative estimate of drug-likeness (QED) is 0.738. The fourth-order valence-corrected chi connectivity index (χ4v) is 3.59. The first-order chi connectivity index (χ1) is 10.2. The van der Waals surface area contributed by atoms with Gasteiger partial charge in [-0.25, -0.2) is 8.78 Å². The van der Waals surface area contributed by atoms with Gasteiger partial charge in [-0.05, 0) is 54.8 Å². The summed E-state index contributed by atoms with van der Waals surface area (Å²) < 4.78 is 28.1. The summed E-state index contributed by atoms with van der Waals surface area (Å²) in [6.45, 7) is 0. The van der Waals surface area contributed by atoms with Crippen LogP contribution in [0.25, 0.3) is 10.1 Å². The second-order valence-corrected chi connectivity index (χ2v) is 6.08. The molecule has 0 radical (unpaired) electrons. The van der Waals surface area contributed by atoms with Crippen molar-refractivity contribution in [3.8, 4) is 0 Å². The number of fused-ring (bicyclic) bond motifs is 1. The molecule has 1 heterocycles. The molecule has 0 aliphatic heterocycles. The number of thiophene rings is 1. The van der Waals surface area contributed by atoms with E-state index in [1.54, 1.807) is 29.5 Å². The average molecular weight is 303 g/mol. The van der Waals surface area contributed by atoms with Crippen LogP contribution >= 0.6 is 11.3 Å². The van der Waals surface area contributed by atoms with Crippen LogP contribution in [-0.4, -0.2) is 7.05 Å². The molecule has 0 aliphatic rings. The first-order valence-electron chi connectivity index (χ1n) is 6.77. The summed E-state index contributed by atoms with van der Waals surface area (Å²) in [5.41, 5.74) is 0.681. The van der Waals surface area contributed by atoms with E-state index in [-0.39, 0.29) is 17.7 Å². The van der Waals surface area contributed by atoms with Crippen molar-refractivity contribution in [3.05, 3.63) is 70.6 Å². The van der Waals surface area contributed by atoms with E-state index in [1.807, 2.05) is 19.2 Å². The Morgan fingerprint density at radius 2 is 1.90 bits per heavy atom. The molecule has 0 aliphatic carbocycles. The summed E-state index contributed by atoms with van der Waals surface area (Å²) in [5, 5.41) is 4.11. The standard InChI is InChI=1S/C17H15F2NS/c1-20-15(9-11-4-2-3-5-14(11)19)17-10-12-8-13(18)6-7-16(12)21-17/h2-8,10,15,20H,9H2,1H3. The normalized spacial score (nSPS) is 12.7. The third-order valence-electron chi connectivity index (χ3n) is 3.57. The monoisotopic (exact) mass is 303 g/mol. The van der Waals surface area contributed by atoms with Gasteiger partial charge >= 0.3 is 0 Å². The zero-order valence-corrected chi connectivity index (χ0v) is 12.4. The maximum Gasteiger partial charge on any atom is 0.126 e. The largest absolute Gasteiger partial charge is 0.312 e. The number of benzene rings is 2. The lowest BCUT2D eigenvalue weighted by Crippen LogP contribution is -2.18. The Morgan fingerprint density at radius 1 is 1.10 bits per heavy atom. The minimum Gasteiger partial charge on any atom is -0.312 e. The Hall–Kier alpha value is -1.78. The number of hydrogen-bond acceptors (Lipinski definition) is 2. The van der Waals surface area contributed by atoms with Crippen molar-refractivity contribution < 1.29 is 8.78 Å². The zero-order valence-electron chi connectivity index (χ0n) is 11.6. The van der Waals surface area contributed by atoms with E-state index in [9.17, 15) is 8.78 Å². The van der Waals surface area contributed by atoms with Gasteiger partial charge in [0.1, 0.15) is 11.6 Å². The summed E-state index contributed by atoms with van der Waals surface area (Å²) in [5.74, 6) is -0.424. The molecule has 0 fully saturated rings. The van der Waals surface area contributed by atoms with E-state index in [0.717, 1.165) is 15.0 Å². The van der Waals surface area contributed by atoms with Gasteiger partial charge in [0.05, 0.1) is 0 Å². The van der Waals surface area contributed by atoms with Crippen molar-refractivity contribution in [2.45, 2.75) is 12.5 Å². The van der Waals surface area contributed by atoms with Crippen LogP contribution in [0.3, 0.4) is 0 Å². The molecule has 1 atom stereocenters. The van der Waals surface area contributed by atoms with E-state index >= 15 is 0 Å². The first-order valence-corrected chi connectivity index (χ1v) is 7.58. The predicted molar refractivity (Wildman–Crippen MR) is 83.7 cm³/mol. The summed E-state index contributed by atoms with van der Waals surface area (Å²) in [7, 11) is 1.86. The molecule has 0 bridgehead atoms. The molecular weight excluding hydrogens is 288 g/mol. The number of likely N-dealkylation sites (N-methyl/N-ethyl adjacent to an activating group) is 1. The molecule has 0 saturated carbocycles. The van der Waals surface area contributed by atoms with Crippen molar-refractivity contribution in [2.75, 3.05) is 7.05 Å². The van der Waals surface area contributed by atoms with Crippen molar-refractivity contribution in [1.29, 1.82) is 0 Å². The minimum absolute atomic E-state index is 0.0161. The molecule has 3 aromatic rings. The topological polar surface area (TPSA) is 12.0 Å². The molecule has 0 amide bonds. The molecule has 1 unspecified atom stereocenters. The van der Waals surface area contributed by atoms with Gasteiger partial charge in [0, 0.05) is 15.6 Å². The van der Waals surface area contributed by atoms with E-state index in [4.69, 9.17) is 0 Å². The van der Waals surface area contributed by atoms with Crippen LogP contribution in [-0.2, 0) is 6.42 Å². The molecule has 1 N–H and O–H groups in total. The summed E-state index contributed by atoms with van der Waals surface area (Å²) in [6.07, 6.45) is 0.568. The fraction of sp³-hybridized carbons (Fsp3) is 0.176. The minimum atomic E-state index is -0.234. The Balaban J connectivity index is 1.93. The van der Waals surface area contributed by atoms with Crippen molar-refractivity contribution in [1.82, 2.24) is 5.32 Å². The Labute approximate surface area is 126 Å². The zero-order chi connectivity index (χ0) is 14.8. The summed E-state index contributed by atoms with van der Waals surface area (Å²) in [4.78, 5) is 1.08. The predicted octanol–water partition coefficient (Wildman–Crippen LogP) is 4.68. The molecule has 2 aromatic carbocycles. The third kappa shape index (κ3) is 2.96. The van der Waals surface area contributed by atoms with Gasteiger partial charge in [0.15, 0.2) is 0 Å². The lowest BCUT2D eigenvalue weighted by atomic mass is 10.0. The molecule has 1 aromatic heterocycles. The van der Waals surface area contributed by atoms with Gasteiger partial charge in [-0.1, -0.05) is 18.2 Å². The van der Waals surface area contributed by atoms with Crippen molar-refractivity contribution >= 4 is 21.4 Å². The lowest BCUT2D eigenvalue weighted by Gasteiger charge is -2.14. The second kappa shape index (κ2) is 5.92. The van der Waals surface area contributed by atoms with E-state index in [2.05, 4.69) is 5.32 Å². The number of nitrogens with one attached hydrogen (secondary N) is 1. The van der Waals surface area contributed by atoms with Gasteiger partial charge in [-0.2, -0.15) is 0 Å². The number of rotatable bonds is 4. The Bertz CT molecular complexity index is 766. The number of hydrogen-bond donors (Lipinski definition) is 1. The molecule has 21 heavy (non-hydrogen) atoms. The van der Waals surface area contributed by atoms with Crippen LogP contribution < -0.4 is 5.32 Å². The van der Waals surface area contributed by atoms with Gasteiger partial charge in [0.25, 0.3) is 0 Å². The van der Waals surface area contributed by atoms with Gasteiger partial charge in [0.2, 0.25) is 0 Å². The van der Waals surface area contributed by atoms with E-state index in [1.165, 1.54) is 18.2 Å². The van der Waals surface area contributed by atoms with Crippen LogP contribution in [0.5, 0.6) is 0 Å². The second-order valence-electron chi connectivity index (χ2n) is 4.97. The van der Waals surface area contributed by atoms with Crippen LogP contribution in [0.2, 0.25) is 0 Å². The van der Waals surface area contributed by atoms with Crippen LogP contribution in [0.15, 0.2) is 48.5 Å². The molecule has 1 nitrogen and oxygen atoms in total. The van der Waals surface area contributed by atoms with Crippen LogP contribution in [0.4, 0.5) is 8.78 Å². The maximum absolute atomic E-state index is 13.8. The summed E-state index contributed by atoms with van der Waals surface area (Å²) in [6, 6.07) is 13.6. The summed E-state index contributed by atoms with van der Waals surface area (Å²) >= 11 is 1.61. The molecule has 108 valence electrons. The SMILES string of the molecule is CNC(Cc1ccccc1F)c1cc2cc(F)ccc2s1.